The average Bonchev–Trinajstić information content (AvgIpc) is 3.10. The molecule has 0 spiro atoms. The molecule has 0 aliphatic rings. The minimum atomic E-state index is -0.345. The molecule has 1 heterocycles. The zero-order chi connectivity index (χ0) is 22.5. The minimum Gasteiger partial charge on any atom is -0.342 e. The van der Waals surface area contributed by atoms with Crippen LogP contribution in [0.25, 0.3) is 0 Å². The van der Waals surface area contributed by atoms with Gasteiger partial charge in [-0.25, -0.2) is 0 Å². The molecule has 0 bridgehead atoms. The summed E-state index contributed by atoms with van der Waals surface area (Å²) in [6.45, 7) is 5.64. The van der Waals surface area contributed by atoms with E-state index in [1.165, 1.54) is 11.8 Å². The van der Waals surface area contributed by atoms with Crippen molar-refractivity contribution < 1.29 is 9.59 Å². The predicted octanol–water partition coefficient (Wildman–Crippen LogP) is 4.31. The zero-order valence-corrected chi connectivity index (χ0v) is 19.3. The fraction of sp³-hybridized carbons (Fsp3) is 0.273. The molecule has 0 saturated heterocycles. The molecule has 2 aromatic carbocycles. The van der Waals surface area contributed by atoms with Crippen molar-refractivity contribution >= 4 is 40.9 Å². The number of nitrogens with zero attached hydrogens (tertiary/aromatic N) is 3. The number of hydrogen-bond acceptors (Lipinski definition) is 5. The summed E-state index contributed by atoms with van der Waals surface area (Å²) < 4.78 is 1.78. The van der Waals surface area contributed by atoms with Crippen LogP contribution in [0.3, 0.4) is 0 Å². The molecule has 0 aliphatic heterocycles. The number of amides is 2. The number of rotatable bonds is 7. The second-order valence-corrected chi connectivity index (χ2v) is 8.56. The van der Waals surface area contributed by atoms with E-state index in [0.717, 1.165) is 11.1 Å². The SMILES string of the molecule is Cc1cccc(C(=O)N[C@@H](C)c2nnc(SCC(=O)Nc3cccc(Cl)c3C)n2C)c1. The van der Waals surface area contributed by atoms with E-state index in [2.05, 4.69) is 20.8 Å². The van der Waals surface area contributed by atoms with E-state index < -0.39 is 0 Å². The molecule has 0 saturated carbocycles. The molecule has 31 heavy (non-hydrogen) atoms. The first kappa shape index (κ1) is 22.8. The number of hydrogen-bond donors (Lipinski definition) is 2. The lowest BCUT2D eigenvalue weighted by Gasteiger charge is -2.14. The van der Waals surface area contributed by atoms with E-state index in [9.17, 15) is 9.59 Å². The summed E-state index contributed by atoms with van der Waals surface area (Å²) in [5.41, 5.74) is 3.12. The van der Waals surface area contributed by atoms with Gasteiger partial charge in [0.2, 0.25) is 5.91 Å². The van der Waals surface area contributed by atoms with Gasteiger partial charge in [0.05, 0.1) is 11.8 Å². The molecule has 1 aromatic heterocycles. The van der Waals surface area contributed by atoms with Crippen molar-refractivity contribution in [2.75, 3.05) is 11.1 Å². The highest BCUT2D eigenvalue weighted by Gasteiger charge is 2.19. The first-order valence-electron chi connectivity index (χ1n) is 9.71. The van der Waals surface area contributed by atoms with Gasteiger partial charge in [-0.2, -0.15) is 0 Å². The average molecular weight is 458 g/mol. The normalized spacial score (nSPS) is 11.8. The first-order valence-corrected chi connectivity index (χ1v) is 11.1. The van der Waals surface area contributed by atoms with Crippen LogP contribution in [0.4, 0.5) is 5.69 Å². The number of benzene rings is 2. The van der Waals surface area contributed by atoms with Crippen molar-refractivity contribution in [3.8, 4) is 0 Å². The third-order valence-electron chi connectivity index (χ3n) is 4.76. The number of anilines is 1. The Bertz CT molecular complexity index is 1120. The van der Waals surface area contributed by atoms with E-state index in [1.54, 1.807) is 22.8 Å². The Morgan fingerprint density at radius 1 is 1.16 bits per heavy atom. The molecular formula is C22H24ClN5O2S. The summed E-state index contributed by atoms with van der Waals surface area (Å²) in [7, 11) is 1.81. The fourth-order valence-corrected chi connectivity index (χ4v) is 3.91. The number of nitrogens with one attached hydrogen (secondary N) is 2. The Labute approximate surface area is 190 Å². The van der Waals surface area contributed by atoms with E-state index >= 15 is 0 Å². The predicted molar refractivity (Wildman–Crippen MR) is 124 cm³/mol. The Morgan fingerprint density at radius 2 is 1.90 bits per heavy atom. The fourth-order valence-electron chi connectivity index (χ4n) is 3.02. The second kappa shape index (κ2) is 9.98. The van der Waals surface area contributed by atoms with Gasteiger partial charge >= 0.3 is 0 Å². The van der Waals surface area contributed by atoms with Gasteiger partial charge in [-0.05, 0) is 50.6 Å². The van der Waals surface area contributed by atoms with E-state index in [0.29, 0.717) is 27.3 Å². The van der Waals surface area contributed by atoms with Gasteiger partial charge in [0, 0.05) is 23.3 Å². The monoisotopic (exact) mass is 457 g/mol. The molecule has 0 unspecified atom stereocenters. The van der Waals surface area contributed by atoms with Crippen LogP contribution in [0.5, 0.6) is 0 Å². The highest BCUT2D eigenvalue weighted by atomic mass is 35.5. The van der Waals surface area contributed by atoms with Crippen LogP contribution in [0.15, 0.2) is 47.6 Å². The molecule has 1 atom stereocenters. The van der Waals surface area contributed by atoms with Gasteiger partial charge in [-0.15, -0.1) is 10.2 Å². The number of carbonyl (C=O) groups is 2. The molecule has 0 aliphatic carbocycles. The summed E-state index contributed by atoms with van der Waals surface area (Å²) in [5, 5.41) is 15.4. The maximum Gasteiger partial charge on any atom is 0.251 e. The van der Waals surface area contributed by atoms with Gasteiger partial charge in [0.15, 0.2) is 11.0 Å². The molecule has 2 N–H and O–H groups in total. The molecular weight excluding hydrogens is 434 g/mol. The number of carbonyl (C=O) groups excluding carboxylic acids is 2. The van der Waals surface area contributed by atoms with Gasteiger partial charge in [-0.3, -0.25) is 9.59 Å². The van der Waals surface area contributed by atoms with Crippen molar-refractivity contribution in [3.05, 3.63) is 70.0 Å². The third kappa shape index (κ3) is 5.65. The Balaban J connectivity index is 1.59. The van der Waals surface area contributed by atoms with Crippen molar-refractivity contribution in [2.45, 2.75) is 32.0 Å². The summed E-state index contributed by atoms with van der Waals surface area (Å²) in [5.74, 6) is 0.432. The smallest absolute Gasteiger partial charge is 0.251 e. The van der Waals surface area contributed by atoms with Crippen molar-refractivity contribution in [1.82, 2.24) is 20.1 Å². The summed E-state index contributed by atoms with van der Waals surface area (Å²) in [6, 6.07) is 12.4. The van der Waals surface area contributed by atoms with Crippen LogP contribution < -0.4 is 10.6 Å². The summed E-state index contributed by atoms with van der Waals surface area (Å²) in [6.07, 6.45) is 0. The van der Waals surface area contributed by atoms with E-state index in [-0.39, 0.29) is 23.6 Å². The maximum absolute atomic E-state index is 12.5. The Hall–Kier alpha value is -2.84. The topological polar surface area (TPSA) is 88.9 Å². The molecule has 9 heteroatoms. The number of halogens is 1. The van der Waals surface area contributed by atoms with Crippen LogP contribution in [0, 0.1) is 13.8 Å². The zero-order valence-electron chi connectivity index (χ0n) is 17.8. The molecule has 0 radical (unpaired) electrons. The summed E-state index contributed by atoms with van der Waals surface area (Å²) in [4.78, 5) is 24.8. The summed E-state index contributed by atoms with van der Waals surface area (Å²) >= 11 is 7.37. The quantitative estimate of drug-likeness (QED) is 0.516. The maximum atomic E-state index is 12.5. The molecule has 2 amide bonds. The van der Waals surface area contributed by atoms with Gasteiger partial charge < -0.3 is 15.2 Å². The van der Waals surface area contributed by atoms with Crippen LogP contribution in [0.2, 0.25) is 5.02 Å². The number of aryl methyl sites for hydroxylation is 1. The largest absolute Gasteiger partial charge is 0.342 e. The highest BCUT2D eigenvalue weighted by Crippen LogP contribution is 2.24. The molecule has 3 rings (SSSR count). The minimum absolute atomic E-state index is 0.166. The van der Waals surface area contributed by atoms with Crippen LogP contribution >= 0.6 is 23.4 Å². The van der Waals surface area contributed by atoms with Gasteiger partial charge in [-0.1, -0.05) is 47.1 Å². The highest BCUT2D eigenvalue weighted by molar-refractivity contribution is 7.99. The Morgan fingerprint density at radius 3 is 2.65 bits per heavy atom. The third-order valence-corrected chi connectivity index (χ3v) is 6.19. The van der Waals surface area contributed by atoms with Crippen LogP contribution in [-0.2, 0) is 11.8 Å². The van der Waals surface area contributed by atoms with Crippen LogP contribution in [0.1, 0.15) is 40.3 Å². The van der Waals surface area contributed by atoms with Crippen LogP contribution in [-0.4, -0.2) is 32.3 Å². The Kier molecular flexibility index (Phi) is 7.35. The van der Waals surface area contributed by atoms with Crippen molar-refractivity contribution in [2.24, 2.45) is 7.05 Å². The lowest BCUT2D eigenvalue weighted by Crippen LogP contribution is -2.28. The lowest BCUT2D eigenvalue weighted by molar-refractivity contribution is -0.113. The van der Waals surface area contributed by atoms with Gasteiger partial charge in [0.1, 0.15) is 0 Å². The van der Waals surface area contributed by atoms with E-state index in [4.69, 9.17) is 11.6 Å². The van der Waals surface area contributed by atoms with Gasteiger partial charge in [0.25, 0.3) is 5.91 Å². The van der Waals surface area contributed by atoms with Crippen molar-refractivity contribution in [3.63, 3.8) is 0 Å². The van der Waals surface area contributed by atoms with Crippen molar-refractivity contribution in [1.29, 1.82) is 0 Å². The first-order chi connectivity index (χ1) is 14.8. The van der Waals surface area contributed by atoms with E-state index in [1.807, 2.05) is 52.1 Å². The molecule has 7 nitrogen and oxygen atoms in total. The number of thioether (sulfide) groups is 1. The lowest BCUT2D eigenvalue weighted by atomic mass is 10.1. The second-order valence-electron chi connectivity index (χ2n) is 7.21. The molecule has 162 valence electrons. The number of aromatic nitrogens is 3. The molecule has 3 aromatic rings. The molecule has 0 fully saturated rings. The standard InChI is InChI=1S/C22H24ClN5O2S/c1-13-7-5-8-16(11-13)21(30)24-15(3)20-26-27-22(28(20)4)31-12-19(29)25-18-10-6-9-17(23)14(18)2/h5-11,15H,12H2,1-4H3,(H,24,30)(H,25,29)/t15-/m0/s1.